The second kappa shape index (κ2) is 11.4. The zero-order chi connectivity index (χ0) is 25.8. The van der Waals surface area contributed by atoms with Gasteiger partial charge in [0.05, 0.1) is 17.8 Å². The fourth-order valence-corrected chi connectivity index (χ4v) is 5.94. The molecule has 7 heteroatoms. The minimum Gasteiger partial charge on any atom is -0.343 e. The molecule has 3 aromatic rings. The molecule has 0 radical (unpaired) electrons. The standard InChI is InChI=1S/C30H37N5O2/c1-20(31-2)29(36)34-28(21-9-4-3-5-10-21)30(37)35-16-8-13-27(35)22-14-15-33-26(17-22)25-19-32-18-23-11-6-7-12-24(23)25/h6-7,11-12,14-15,17-21,27-28,31H,3-5,8-10,13,16H2,1-2H3,(H,34,36)/t20?,27-,28+/m1/s1. The van der Waals surface area contributed by atoms with Gasteiger partial charge in [-0.1, -0.05) is 43.5 Å². The largest absolute Gasteiger partial charge is 0.343 e. The molecule has 0 bridgehead atoms. The molecule has 1 saturated heterocycles. The molecule has 2 aromatic heterocycles. The third-order valence-corrected chi connectivity index (χ3v) is 8.16. The zero-order valence-corrected chi connectivity index (χ0v) is 21.8. The number of nitrogens with one attached hydrogen (secondary N) is 2. The maximum absolute atomic E-state index is 14.1. The first-order valence-electron chi connectivity index (χ1n) is 13.6. The molecule has 1 unspecified atom stereocenters. The number of carbonyl (C=O) groups excluding carboxylic acids is 2. The van der Waals surface area contributed by atoms with Crippen molar-refractivity contribution in [3.63, 3.8) is 0 Å². The number of carbonyl (C=O) groups is 2. The Morgan fingerprint density at radius 2 is 1.84 bits per heavy atom. The lowest BCUT2D eigenvalue weighted by atomic mass is 9.83. The van der Waals surface area contributed by atoms with Crippen molar-refractivity contribution in [3.05, 3.63) is 60.6 Å². The first-order valence-corrected chi connectivity index (χ1v) is 13.6. The molecule has 1 aromatic carbocycles. The van der Waals surface area contributed by atoms with E-state index >= 15 is 0 Å². The number of hydrogen-bond donors (Lipinski definition) is 2. The van der Waals surface area contributed by atoms with Gasteiger partial charge in [-0.15, -0.1) is 0 Å². The monoisotopic (exact) mass is 499 g/mol. The van der Waals surface area contributed by atoms with Crippen LogP contribution in [0.25, 0.3) is 22.0 Å². The summed E-state index contributed by atoms with van der Waals surface area (Å²) < 4.78 is 0. The molecule has 2 fully saturated rings. The second-order valence-electron chi connectivity index (χ2n) is 10.5. The number of benzene rings is 1. The number of nitrogens with zero attached hydrogens (tertiary/aromatic N) is 3. The van der Waals surface area contributed by atoms with Crippen LogP contribution >= 0.6 is 0 Å². The molecule has 194 valence electrons. The lowest BCUT2D eigenvalue weighted by Crippen LogP contribution is -2.55. The van der Waals surface area contributed by atoms with Gasteiger partial charge in [-0.25, -0.2) is 0 Å². The van der Waals surface area contributed by atoms with E-state index in [2.05, 4.69) is 38.8 Å². The SMILES string of the molecule is CNC(C)C(=O)N[C@H](C(=O)N1CCC[C@@H]1c1ccnc(-c2cncc3ccccc23)c1)C1CCCCC1. The van der Waals surface area contributed by atoms with E-state index in [0.717, 1.165) is 66.1 Å². The normalized spacial score (nSPS) is 20.1. The van der Waals surface area contributed by atoms with Crippen molar-refractivity contribution in [2.24, 2.45) is 5.92 Å². The molecule has 37 heavy (non-hydrogen) atoms. The third kappa shape index (κ3) is 5.37. The Balaban J connectivity index is 1.43. The Morgan fingerprint density at radius 3 is 2.65 bits per heavy atom. The highest BCUT2D eigenvalue weighted by molar-refractivity contribution is 5.95. The minimum absolute atomic E-state index is 0.0260. The van der Waals surface area contributed by atoms with Gasteiger partial charge >= 0.3 is 0 Å². The summed E-state index contributed by atoms with van der Waals surface area (Å²) in [5.74, 6) is 0.123. The van der Waals surface area contributed by atoms with Crippen LogP contribution in [-0.4, -0.2) is 52.4 Å². The van der Waals surface area contributed by atoms with E-state index in [1.807, 2.05) is 48.6 Å². The topological polar surface area (TPSA) is 87.2 Å². The van der Waals surface area contributed by atoms with Gasteiger partial charge in [-0.3, -0.25) is 19.6 Å². The van der Waals surface area contributed by atoms with E-state index < -0.39 is 6.04 Å². The summed E-state index contributed by atoms with van der Waals surface area (Å²) in [4.78, 5) is 38.0. The summed E-state index contributed by atoms with van der Waals surface area (Å²) in [7, 11) is 1.77. The maximum atomic E-state index is 14.1. The van der Waals surface area contributed by atoms with E-state index in [1.165, 1.54) is 6.42 Å². The van der Waals surface area contributed by atoms with Crippen molar-refractivity contribution in [1.82, 2.24) is 25.5 Å². The van der Waals surface area contributed by atoms with Crippen LogP contribution in [0.5, 0.6) is 0 Å². The number of amides is 2. The van der Waals surface area contributed by atoms with Crippen molar-refractivity contribution in [1.29, 1.82) is 0 Å². The van der Waals surface area contributed by atoms with Gasteiger partial charge in [0.2, 0.25) is 11.8 Å². The van der Waals surface area contributed by atoms with Crippen LogP contribution in [0.1, 0.15) is 63.5 Å². The average molecular weight is 500 g/mol. The molecule has 7 nitrogen and oxygen atoms in total. The number of likely N-dealkylation sites (N-methyl/N-ethyl adjacent to an activating group) is 1. The van der Waals surface area contributed by atoms with E-state index in [0.29, 0.717) is 6.54 Å². The Labute approximate surface area is 219 Å². The molecule has 3 heterocycles. The molecule has 0 spiro atoms. The first-order chi connectivity index (χ1) is 18.1. The fourth-order valence-electron chi connectivity index (χ4n) is 5.94. The Hall–Kier alpha value is -3.32. The van der Waals surface area contributed by atoms with Gasteiger partial charge in [0.15, 0.2) is 0 Å². The third-order valence-electron chi connectivity index (χ3n) is 8.16. The molecular formula is C30H37N5O2. The van der Waals surface area contributed by atoms with Crippen LogP contribution in [0.15, 0.2) is 55.0 Å². The number of hydrogen-bond acceptors (Lipinski definition) is 5. The van der Waals surface area contributed by atoms with Crippen molar-refractivity contribution < 1.29 is 9.59 Å². The Kier molecular flexibility index (Phi) is 7.79. The summed E-state index contributed by atoms with van der Waals surface area (Å²) in [5.41, 5.74) is 2.94. The summed E-state index contributed by atoms with van der Waals surface area (Å²) in [6.45, 7) is 2.54. The van der Waals surface area contributed by atoms with Crippen LogP contribution in [0, 0.1) is 5.92 Å². The molecular weight excluding hydrogens is 462 g/mol. The van der Waals surface area contributed by atoms with Crippen LogP contribution in [0.3, 0.4) is 0 Å². The predicted molar refractivity (Wildman–Crippen MR) is 146 cm³/mol. The molecule has 2 amide bonds. The quantitative estimate of drug-likeness (QED) is 0.495. The number of pyridine rings is 2. The number of aromatic nitrogens is 2. The Bertz CT molecular complexity index is 1250. The van der Waals surface area contributed by atoms with Crippen LogP contribution in [0.2, 0.25) is 0 Å². The lowest BCUT2D eigenvalue weighted by Gasteiger charge is -2.35. The smallest absolute Gasteiger partial charge is 0.245 e. The molecule has 1 aliphatic carbocycles. The summed E-state index contributed by atoms with van der Waals surface area (Å²) in [6.07, 6.45) is 12.8. The van der Waals surface area contributed by atoms with E-state index in [1.54, 1.807) is 7.05 Å². The summed E-state index contributed by atoms with van der Waals surface area (Å²) >= 11 is 0. The van der Waals surface area contributed by atoms with Gasteiger partial charge in [0, 0.05) is 36.1 Å². The van der Waals surface area contributed by atoms with Crippen molar-refractivity contribution >= 4 is 22.6 Å². The molecule has 1 saturated carbocycles. The van der Waals surface area contributed by atoms with Gasteiger partial charge < -0.3 is 15.5 Å². The Morgan fingerprint density at radius 1 is 1.03 bits per heavy atom. The summed E-state index contributed by atoms with van der Waals surface area (Å²) in [6, 6.07) is 11.5. The van der Waals surface area contributed by atoms with Gasteiger partial charge in [0.25, 0.3) is 0 Å². The maximum Gasteiger partial charge on any atom is 0.245 e. The molecule has 3 atom stereocenters. The van der Waals surface area contributed by atoms with Crippen LogP contribution in [0.4, 0.5) is 0 Å². The predicted octanol–water partition coefficient (Wildman–Crippen LogP) is 4.63. The molecule has 2 aliphatic rings. The highest BCUT2D eigenvalue weighted by Gasteiger charge is 2.39. The molecule has 5 rings (SSSR count). The van der Waals surface area contributed by atoms with Crippen molar-refractivity contribution in [2.75, 3.05) is 13.6 Å². The average Bonchev–Trinajstić information content (AvgIpc) is 3.45. The van der Waals surface area contributed by atoms with Gasteiger partial charge in [-0.05, 0) is 68.7 Å². The summed E-state index contributed by atoms with van der Waals surface area (Å²) in [5, 5.41) is 8.32. The first kappa shape index (κ1) is 25.3. The van der Waals surface area contributed by atoms with Crippen LogP contribution in [-0.2, 0) is 9.59 Å². The highest BCUT2D eigenvalue weighted by Crippen LogP contribution is 2.36. The number of rotatable bonds is 7. The van der Waals surface area contributed by atoms with Gasteiger partial charge in [0.1, 0.15) is 6.04 Å². The van der Waals surface area contributed by atoms with E-state index in [4.69, 9.17) is 0 Å². The zero-order valence-electron chi connectivity index (χ0n) is 21.8. The molecule has 1 aliphatic heterocycles. The minimum atomic E-state index is -0.479. The lowest BCUT2D eigenvalue weighted by molar-refractivity contribution is -0.139. The second-order valence-corrected chi connectivity index (χ2v) is 10.5. The van der Waals surface area contributed by atoms with Crippen molar-refractivity contribution in [2.45, 2.75) is 70.0 Å². The number of likely N-dealkylation sites (tertiary alicyclic amines) is 1. The van der Waals surface area contributed by atoms with Crippen molar-refractivity contribution in [3.8, 4) is 11.3 Å². The molecule has 2 N–H and O–H groups in total. The fraction of sp³-hybridized carbons (Fsp3) is 0.467. The van der Waals surface area contributed by atoms with E-state index in [9.17, 15) is 9.59 Å². The number of fused-ring (bicyclic) bond motifs is 1. The highest BCUT2D eigenvalue weighted by atomic mass is 16.2. The van der Waals surface area contributed by atoms with E-state index in [-0.39, 0.29) is 29.8 Å². The van der Waals surface area contributed by atoms with Crippen LogP contribution < -0.4 is 10.6 Å². The van der Waals surface area contributed by atoms with Gasteiger partial charge in [-0.2, -0.15) is 0 Å².